The molecule has 172 valence electrons. The molecule has 1 aliphatic rings. The lowest BCUT2D eigenvalue weighted by Gasteiger charge is -2.12. The molecule has 0 spiro atoms. The largest absolute Gasteiger partial charge is 0.454 e. The van der Waals surface area contributed by atoms with E-state index in [2.05, 4.69) is 22.9 Å². The zero-order valence-corrected chi connectivity index (χ0v) is 18.4. The molecule has 0 saturated heterocycles. The summed E-state index contributed by atoms with van der Waals surface area (Å²) in [5.74, 6) is 0.424. The van der Waals surface area contributed by atoms with Crippen LogP contribution in [0, 0.1) is 0 Å². The number of carbonyl (C=O) groups excluding carboxylic acids is 2. The third-order valence-electron chi connectivity index (χ3n) is 5.45. The Morgan fingerprint density at radius 2 is 1.82 bits per heavy atom. The van der Waals surface area contributed by atoms with E-state index in [1.54, 1.807) is 24.3 Å². The van der Waals surface area contributed by atoms with Gasteiger partial charge in [-0.25, -0.2) is 4.68 Å². The predicted molar refractivity (Wildman–Crippen MR) is 122 cm³/mol. The summed E-state index contributed by atoms with van der Waals surface area (Å²) in [6.07, 6.45) is 3.40. The molecule has 9 heteroatoms. The van der Waals surface area contributed by atoms with Gasteiger partial charge in [0.05, 0.1) is 5.39 Å². The number of amides is 2. The van der Waals surface area contributed by atoms with Crippen molar-refractivity contribution >= 4 is 22.6 Å². The zero-order chi connectivity index (χ0) is 23.2. The maximum Gasteiger partial charge on any atom is 0.290 e. The van der Waals surface area contributed by atoms with Crippen LogP contribution in [0.4, 0.5) is 0 Å². The number of nitrogens with zero attached hydrogens (tertiary/aromatic N) is 2. The Morgan fingerprint density at radius 1 is 1.03 bits per heavy atom. The lowest BCUT2D eigenvalue weighted by atomic mass is 10.1. The Morgan fingerprint density at radius 3 is 2.64 bits per heavy atom. The lowest BCUT2D eigenvalue weighted by molar-refractivity contribution is -0.121. The second kappa shape index (κ2) is 10.2. The number of benzene rings is 2. The summed E-state index contributed by atoms with van der Waals surface area (Å²) in [5, 5.41) is 5.16. The quantitative estimate of drug-likeness (QED) is 0.403. The zero-order valence-electron chi connectivity index (χ0n) is 18.4. The molecule has 2 N–H and O–H groups in total. The van der Waals surface area contributed by atoms with Crippen LogP contribution in [0.1, 0.15) is 48.7 Å². The average molecular weight is 450 g/mol. The summed E-state index contributed by atoms with van der Waals surface area (Å²) in [7, 11) is 0. The minimum absolute atomic E-state index is 0.0952. The summed E-state index contributed by atoms with van der Waals surface area (Å²) in [4.78, 5) is 37.8. The number of fused-ring (bicyclic) bond motifs is 2. The van der Waals surface area contributed by atoms with Crippen LogP contribution in [-0.4, -0.2) is 28.4 Å². The van der Waals surface area contributed by atoms with E-state index in [9.17, 15) is 14.4 Å². The summed E-state index contributed by atoms with van der Waals surface area (Å²) in [5.41, 5.74) is 5.64. The first-order valence-electron chi connectivity index (χ1n) is 11.0. The van der Waals surface area contributed by atoms with Crippen molar-refractivity contribution in [3.05, 3.63) is 64.1 Å². The first-order valence-corrected chi connectivity index (χ1v) is 11.0. The van der Waals surface area contributed by atoms with Gasteiger partial charge in [-0.2, -0.15) is 5.10 Å². The standard InChI is InChI=1S/C24H26N4O5/c1-2-3-6-13-28-24(31)18-8-5-4-7-17(18)22(27-28)23(30)26-25-21(29)12-10-16-9-11-19-20(14-16)33-15-32-19/h4-5,7-9,11,14H,2-3,6,10,12-13,15H2,1H3,(H,25,29)(H,26,30). The number of hydrogen-bond donors (Lipinski definition) is 2. The van der Waals surface area contributed by atoms with Gasteiger partial charge in [0.1, 0.15) is 0 Å². The number of rotatable bonds is 8. The van der Waals surface area contributed by atoms with Gasteiger partial charge in [-0.1, -0.05) is 44.0 Å². The Labute approximate surface area is 190 Å². The number of ether oxygens (including phenoxy) is 2. The molecule has 2 aromatic carbocycles. The number of carbonyl (C=O) groups is 2. The normalized spacial score (nSPS) is 12.0. The van der Waals surface area contributed by atoms with E-state index >= 15 is 0 Å². The second-order valence-electron chi connectivity index (χ2n) is 7.82. The second-order valence-corrected chi connectivity index (χ2v) is 7.82. The van der Waals surface area contributed by atoms with E-state index in [-0.39, 0.29) is 30.4 Å². The van der Waals surface area contributed by atoms with Crippen molar-refractivity contribution in [2.45, 2.75) is 45.6 Å². The number of hydrazine groups is 1. The van der Waals surface area contributed by atoms with Gasteiger partial charge < -0.3 is 9.47 Å². The highest BCUT2D eigenvalue weighted by molar-refractivity contribution is 6.05. The fraction of sp³-hybridized carbons (Fsp3) is 0.333. The number of nitrogens with one attached hydrogen (secondary N) is 2. The molecule has 0 bridgehead atoms. The Balaban J connectivity index is 1.41. The van der Waals surface area contributed by atoms with Crippen molar-refractivity contribution < 1.29 is 19.1 Å². The fourth-order valence-electron chi connectivity index (χ4n) is 3.67. The van der Waals surface area contributed by atoms with Crippen molar-refractivity contribution in [2.24, 2.45) is 0 Å². The molecular weight excluding hydrogens is 424 g/mol. The topological polar surface area (TPSA) is 112 Å². The molecule has 3 aromatic rings. The highest BCUT2D eigenvalue weighted by atomic mass is 16.7. The number of aryl methyl sites for hydroxylation is 2. The van der Waals surface area contributed by atoms with E-state index in [0.717, 1.165) is 24.8 Å². The lowest BCUT2D eigenvalue weighted by Crippen LogP contribution is -2.43. The van der Waals surface area contributed by atoms with Crippen LogP contribution in [0.25, 0.3) is 10.8 Å². The monoisotopic (exact) mass is 450 g/mol. The van der Waals surface area contributed by atoms with Crippen LogP contribution >= 0.6 is 0 Å². The van der Waals surface area contributed by atoms with Crippen LogP contribution in [0.2, 0.25) is 0 Å². The third-order valence-corrected chi connectivity index (χ3v) is 5.45. The highest BCUT2D eigenvalue weighted by Crippen LogP contribution is 2.32. The summed E-state index contributed by atoms with van der Waals surface area (Å²) < 4.78 is 12.0. The van der Waals surface area contributed by atoms with E-state index in [4.69, 9.17) is 9.47 Å². The molecule has 4 rings (SSSR count). The molecule has 0 aliphatic carbocycles. The fourth-order valence-corrected chi connectivity index (χ4v) is 3.67. The molecule has 33 heavy (non-hydrogen) atoms. The smallest absolute Gasteiger partial charge is 0.290 e. The minimum atomic E-state index is -0.577. The molecule has 1 aliphatic heterocycles. The van der Waals surface area contributed by atoms with Crippen LogP contribution in [-0.2, 0) is 17.8 Å². The minimum Gasteiger partial charge on any atom is -0.454 e. The van der Waals surface area contributed by atoms with Crippen LogP contribution in [0.5, 0.6) is 11.5 Å². The van der Waals surface area contributed by atoms with Crippen molar-refractivity contribution in [1.29, 1.82) is 0 Å². The molecule has 0 saturated carbocycles. The first-order chi connectivity index (χ1) is 16.1. The van der Waals surface area contributed by atoms with Gasteiger partial charge in [0.25, 0.3) is 11.5 Å². The number of unbranched alkanes of at least 4 members (excludes halogenated alkanes) is 2. The van der Waals surface area contributed by atoms with E-state index < -0.39 is 5.91 Å². The molecular formula is C24H26N4O5. The first kappa shape index (κ1) is 22.3. The maximum absolute atomic E-state index is 12.8. The van der Waals surface area contributed by atoms with Gasteiger partial charge in [0, 0.05) is 18.4 Å². The van der Waals surface area contributed by atoms with Gasteiger partial charge in [0.2, 0.25) is 12.7 Å². The molecule has 0 unspecified atom stereocenters. The average Bonchev–Trinajstić information content (AvgIpc) is 3.31. The molecule has 0 radical (unpaired) electrons. The van der Waals surface area contributed by atoms with Crippen molar-refractivity contribution in [3.8, 4) is 11.5 Å². The molecule has 2 heterocycles. The molecule has 2 amide bonds. The summed E-state index contributed by atoms with van der Waals surface area (Å²) >= 11 is 0. The van der Waals surface area contributed by atoms with E-state index in [1.807, 2.05) is 18.2 Å². The predicted octanol–water partition coefficient (Wildman–Crippen LogP) is 2.71. The number of hydrogen-bond acceptors (Lipinski definition) is 6. The van der Waals surface area contributed by atoms with Gasteiger partial charge >= 0.3 is 0 Å². The van der Waals surface area contributed by atoms with Crippen LogP contribution in [0.15, 0.2) is 47.3 Å². The van der Waals surface area contributed by atoms with E-state index in [1.165, 1.54) is 4.68 Å². The van der Waals surface area contributed by atoms with Gasteiger partial charge in [-0.15, -0.1) is 0 Å². The van der Waals surface area contributed by atoms with Crippen molar-refractivity contribution in [1.82, 2.24) is 20.6 Å². The Bertz CT molecular complexity index is 1240. The third kappa shape index (κ3) is 5.14. The highest BCUT2D eigenvalue weighted by Gasteiger charge is 2.18. The molecule has 1 aromatic heterocycles. The Hall–Kier alpha value is -3.88. The molecule has 0 fully saturated rings. The van der Waals surface area contributed by atoms with Gasteiger partial charge in [-0.05, 0) is 36.6 Å². The van der Waals surface area contributed by atoms with Crippen LogP contribution < -0.4 is 25.9 Å². The SMILES string of the molecule is CCCCCn1nc(C(=O)NNC(=O)CCc2ccc3c(c2)OCO3)c2ccccc2c1=O. The summed E-state index contributed by atoms with van der Waals surface area (Å²) in [6, 6.07) is 12.4. The van der Waals surface area contributed by atoms with Crippen molar-refractivity contribution in [2.75, 3.05) is 6.79 Å². The molecule has 0 atom stereocenters. The van der Waals surface area contributed by atoms with Gasteiger partial charge in [0.15, 0.2) is 17.2 Å². The Kier molecular flexibility index (Phi) is 6.87. The maximum atomic E-state index is 12.8. The summed E-state index contributed by atoms with van der Waals surface area (Å²) in [6.45, 7) is 2.70. The van der Waals surface area contributed by atoms with Gasteiger partial charge in [-0.3, -0.25) is 25.2 Å². The van der Waals surface area contributed by atoms with Crippen molar-refractivity contribution in [3.63, 3.8) is 0 Å². The number of aromatic nitrogens is 2. The van der Waals surface area contributed by atoms with Crippen LogP contribution in [0.3, 0.4) is 0 Å². The van der Waals surface area contributed by atoms with E-state index in [0.29, 0.717) is 35.2 Å². The molecule has 9 nitrogen and oxygen atoms in total.